The van der Waals surface area contributed by atoms with Crippen LogP contribution in [0.3, 0.4) is 0 Å². The quantitative estimate of drug-likeness (QED) is 0.526. The highest BCUT2D eigenvalue weighted by molar-refractivity contribution is 6.00. The van der Waals surface area contributed by atoms with Gasteiger partial charge in [0.05, 0.1) is 14.2 Å². The summed E-state index contributed by atoms with van der Waals surface area (Å²) in [6.45, 7) is 7.86. The van der Waals surface area contributed by atoms with Crippen LogP contribution in [0, 0.1) is 19.3 Å². The van der Waals surface area contributed by atoms with E-state index in [1.165, 1.54) is 14.2 Å². The van der Waals surface area contributed by atoms with E-state index in [1.807, 2.05) is 13.8 Å². The maximum atomic E-state index is 12.3. The van der Waals surface area contributed by atoms with Crippen LogP contribution < -0.4 is 0 Å². The monoisotopic (exact) mass is 291 g/mol. The number of rotatable bonds is 3. The van der Waals surface area contributed by atoms with Gasteiger partial charge in [0.2, 0.25) is 0 Å². The van der Waals surface area contributed by atoms with Gasteiger partial charge in [0.15, 0.2) is 5.41 Å². The van der Waals surface area contributed by atoms with E-state index in [4.69, 9.17) is 9.47 Å². The zero-order valence-corrected chi connectivity index (χ0v) is 12.9. The molecule has 5 heteroatoms. The zero-order chi connectivity index (χ0) is 15.8. The van der Waals surface area contributed by atoms with Gasteiger partial charge in [0.1, 0.15) is 0 Å². The Kier molecular flexibility index (Phi) is 3.94. The van der Waals surface area contributed by atoms with Gasteiger partial charge in [-0.25, -0.2) is 0 Å². The van der Waals surface area contributed by atoms with Crippen LogP contribution in [0.2, 0.25) is 0 Å². The first-order valence-electron chi connectivity index (χ1n) is 6.88. The number of aromatic amines is 1. The lowest BCUT2D eigenvalue weighted by Gasteiger charge is -2.35. The second-order valence-corrected chi connectivity index (χ2v) is 5.56. The molecule has 1 atom stereocenters. The summed E-state index contributed by atoms with van der Waals surface area (Å²) in [6.07, 6.45) is 2.36. The van der Waals surface area contributed by atoms with Crippen molar-refractivity contribution in [3.63, 3.8) is 0 Å². The third-order valence-electron chi connectivity index (χ3n) is 4.48. The minimum Gasteiger partial charge on any atom is -0.468 e. The molecule has 0 saturated heterocycles. The number of hydrogen-bond acceptors (Lipinski definition) is 4. The van der Waals surface area contributed by atoms with Gasteiger partial charge in [-0.1, -0.05) is 6.08 Å². The van der Waals surface area contributed by atoms with Crippen molar-refractivity contribution in [1.82, 2.24) is 4.98 Å². The van der Waals surface area contributed by atoms with Crippen molar-refractivity contribution in [3.05, 3.63) is 35.2 Å². The fourth-order valence-electron chi connectivity index (χ4n) is 3.29. The number of ether oxygens (including phenoxy) is 2. The summed E-state index contributed by atoms with van der Waals surface area (Å²) in [5.74, 6) is -1.20. The summed E-state index contributed by atoms with van der Waals surface area (Å²) in [5, 5.41) is 0. The van der Waals surface area contributed by atoms with E-state index < -0.39 is 17.4 Å². The molecule has 0 saturated carbocycles. The smallest absolute Gasteiger partial charge is 0.323 e. The molecule has 114 valence electrons. The number of methoxy groups -OCH3 is 2. The van der Waals surface area contributed by atoms with E-state index in [0.717, 1.165) is 22.5 Å². The number of aromatic nitrogens is 1. The molecule has 0 radical (unpaired) electrons. The molecule has 21 heavy (non-hydrogen) atoms. The first-order valence-corrected chi connectivity index (χ1v) is 6.88. The third kappa shape index (κ3) is 2.17. The van der Waals surface area contributed by atoms with Crippen molar-refractivity contribution in [1.29, 1.82) is 0 Å². The maximum absolute atomic E-state index is 12.3. The molecule has 0 bridgehead atoms. The molecule has 2 rings (SSSR count). The molecule has 0 unspecified atom stereocenters. The standard InChI is InChI=1S/C16H21NO4/c1-6-11-7-16(14(18)20-4,15(19)21-5)8-12-13(11)9(2)10(3)17-12/h6,11,17H,1,7-8H2,2-5H3/t11-/m0/s1. The van der Waals surface area contributed by atoms with Crippen LogP contribution in [0.1, 0.15) is 34.9 Å². The largest absolute Gasteiger partial charge is 0.468 e. The van der Waals surface area contributed by atoms with Gasteiger partial charge in [-0.15, -0.1) is 6.58 Å². The number of carbonyl (C=O) groups is 2. The molecule has 1 aliphatic carbocycles. The SMILES string of the molecule is C=C[C@H]1CC(C(=O)OC)(C(=O)OC)Cc2[nH]c(C)c(C)c21. The van der Waals surface area contributed by atoms with Gasteiger partial charge in [-0.3, -0.25) is 9.59 Å². The number of aryl methyl sites for hydroxylation is 1. The normalized spacial score (nSPS) is 19.5. The minimum absolute atomic E-state index is 0.0862. The van der Waals surface area contributed by atoms with Crippen LogP contribution in [0.5, 0.6) is 0 Å². The Morgan fingerprint density at radius 3 is 2.33 bits per heavy atom. The van der Waals surface area contributed by atoms with E-state index in [1.54, 1.807) is 6.08 Å². The number of carbonyl (C=O) groups excluding carboxylic acids is 2. The number of H-pyrrole nitrogens is 1. The molecule has 0 aromatic carbocycles. The van der Waals surface area contributed by atoms with E-state index >= 15 is 0 Å². The number of hydrogen-bond donors (Lipinski definition) is 1. The Balaban J connectivity index is 2.60. The number of allylic oxidation sites excluding steroid dienone is 1. The highest BCUT2D eigenvalue weighted by Gasteiger charge is 2.53. The van der Waals surface area contributed by atoms with Crippen molar-refractivity contribution < 1.29 is 19.1 Å². The first-order chi connectivity index (χ1) is 9.91. The van der Waals surface area contributed by atoms with Gasteiger partial charge >= 0.3 is 11.9 Å². The first kappa shape index (κ1) is 15.4. The molecule has 0 amide bonds. The lowest BCUT2D eigenvalue weighted by molar-refractivity contribution is -0.170. The Hall–Kier alpha value is -2.04. The average Bonchev–Trinajstić information content (AvgIpc) is 2.78. The molecule has 0 fully saturated rings. The van der Waals surface area contributed by atoms with Crippen molar-refractivity contribution in [2.24, 2.45) is 5.41 Å². The second kappa shape index (κ2) is 5.39. The van der Waals surface area contributed by atoms with Crippen LogP contribution in [0.25, 0.3) is 0 Å². The second-order valence-electron chi connectivity index (χ2n) is 5.56. The Labute approximate surface area is 124 Å². The zero-order valence-electron chi connectivity index (χ0n) is 12.9. The highest BCUT2D eigenvalue weighted by atomic mass is 16.5. The number of nitrogens with one attached hydrogen (secondary N) is 1. The van der Waals surface area contributed by atoms with E-state index in [-0.39, 0.29) is 12.3 Å². The molecule has 1 N–H and O–H groups in total. The van der Waals surface area contributed by atoms with Crippen molar-refractivity contribution in [2.75, 3.05) is 14.2 Å². The molecule has 0 spiro atoms. The molecule has 1 aromatic heterocycles. The summed E-state index contributed by atoms with van der Waals surface area (Å²) >= 11 is 0. The molecular formula is C16H21NO4. The Bertz CT molecular complexity index is 584. The van der Waals surface area contributed by atoms with Crippen LogP contribution in [-0.2, 0) is 25.5 Å². The van der Waals surface area contributed by atoms with Crippen LogP contribution in [0.15, 0.2) is 12.7 Å². The fourth-order valence-corrected chi connectivity index (χ4v) is 3.29. The van der Waals surface area contributed by atoms with E-state index in [2.05, 4.69) is 11.6 Å². The highest BCUT2D eigenvalue weighted by Crippen LogP contribution is 2.46. The molecule has 1 aromatic rings. The van der Waals surface area contributed by atoms with Gasteiger partial charge < -0.3 is 14.5 Å². The van der Waals surface area contributed by atoms with Gasteiger partial charge in [-0.2, -0.15) is 0 Å². The molecule has 1 aliphatic rings. The average molecular weight is 291 g/mol. The summed E-state index contributed by atoms with van der Waals surface area (Å²) in [7, 11) is 2.58. The maximum Gasteiger partial charge on any atom is 0.323 e. The van der Waals surface area contributed by atoms with Crippen molar-refractivity contribution >= 4 is 11.9 Å². The van der Waals surface area contributed by atoms with Gasteiger partial charge in [0.25, 0.3) is 0 Å². The molecule has 1 heterocycles. The number of esters is 2. The van der Waals surface area contributed by atoms with Gasteiger partial charge in [0, 0.05) is 23.7 Å². The third-order valence-corrected chi connectivity index (χ3v) is 4.48. The lowest BCUT2D eigenvalue weighted by Crippen LogP contribution is -2.46. The summed E-state index contributed by atoms with van der Waals surface area (Å²) in [6, 6.07) is 0. The van der Waals surface area contributed by atoms with E-state index in [9.17, 15) is 9.59 Å². The van der Waals surface area contributed by atoms with Crippen molar-refractivity contribution in [3.8, 4) is 0 Å². The summed E-state index contributed by atoms with van der Waals surface area (Å²) < 4.78 is 9.75. The fraction of sp³-hybridized carbons (Fsp3) is 0.500. The van der Waals surface area contributed by atoms with Gasteiger partial charge in [-0.05, 0) is 31.4 Å². The summed E-state index contributed by atoms with van der Waals surface area (Å²) in [5.41, 5.74) is 2.90. The molecule has 0 aliphatic heterocycles. The van der Waals surface area contributed by atoms with Crippen molar-refractivity contribution in [2.45, 2.75) is 32.6 Å². The molecular weight excluding hydrogens is 270 g/mol. The van der Waals surface area contributed by atoms with E-state index in [0.29, 0.717) is 6.42 Å². The van der Waals surface area contributed by atoms with Crippen LogP contribution in [0.4, 0.5) is 0 Å². The Morgan fingerprint density at radius 2 is 1.86 bits per heavy atom. The molecule has 5 nitrogen and oxygen atoms in total. The van der Waals surface area contributed by atoms with Crippen LogP contribution >= 0.6 is 0 Å². The van der Waals surface area contributed by atoms with Crippen LogP contribution in [-0.4, -0.2) is 31.1 Å². The summed E-state index contributed by atoms with van der Waals surface area (Å²) in [4.78, 5) is 27.8. The number of fused-ring (bicyclic) bond motifs is 1. The predicted octanol–water partition coefficient (Wildman–Crippen LogP) is 2.18. The predicted molar refractivity (Wildman–Crippen MR) is 78.0 cm³/mol. The lowest BCUT2D eigenvalue weighted by atomic mass is 9.68. The Morgan fingerprint density at radius 1 is 1.29 bits per heavy atom. The topological polar surface area (TPSA) is 68.4 Å². The minimum atomic E-state index is -1.31.